The fourth-order valence-electron chi connectivity index (χ4n) is 11.0. The van der Waals surface area contributed by atoms with E-state index in [1.165, 1.54) is 54.9 Å². The van der Waals surface area contributed by atoms with Crippen LogP contribution in [-0.2, 0) is 5.41 Å². The third-order valence-corrected chi connectivity index (χ3v) is 14.0. The summed E-state index contributed by atoms with van der Waals surface area (Å²) in [5.41, 5.74) is 18.7. The molecule has 3 heteroatoms. The minimum absolute atomic E-state index is 0.560. The minimum atomic E-state index is -0.560. The molecule has 3 nitrogen and oxygen atoms in total. The lowest BCUT2D eigenvalue weighted by atomic mass is 9.67. The smallest absolute Gasteiger partial charge is 0.0991 e. The average molecular weight is 864 g/mol. The molecule has 2 aromatic heterocycles. The fraction of sp³-hybridized carbons (Fsp3) is 0.0154. The van der Waals surface area contributed by atoms with Crippen LogP contribution in [0.3, 0.4) is 0 Å². The van der Waals surface area contributed by atoms with Gasteiger partial charge in [-0.15, -0.1) is 0 Å². The second-order valence-corrected chi connectivity index (χ2v) is 17.8. The van der Waals surface area contributed by atoms with Crippen LogP contribution in [-0.4, -0.2) is 9.55 Å². The quantitative estimate of drug-likeness (QED) is 0.160. The summed E-state index contributed by atoms with van der Waals surface area (Å²) in [6.45, 7) is 0. The van der Waals surface area contributed by atoms with Crippen LogP contribution in [0.1, 0.15) is 27.8 Å². The van der Waals surface area contributed by atoms with E-state index in [9.17, 15) is 5.26 Å². The molecule has 10 aromatic carbocycles. The Kier molecular flexibility index (Phi) is 9.13. The number of hydrogen-bond acceptors (Lipinski definition) is 2. The zero-order chi connectivity index (χ0) is 45.2. The lowest BCUT2D eigenvalue weighted by molar-refractivity contribution is 0.769. The highest BCUT2D eigenvalue weighted by molar-refractivity contribution is 6.12. The largest absolute Gasteiger partial charge is 0.309 e. The predicted molar refractivity (Wildman–Crippen MR) is 280 cm³/mol. The van der Waals surface area contributed by atoms with Gasteiger partial charge in [-0.2, -0.15) is 5.26 Å². The molecule has 0 unspecified atom stereocenters. The van der Waals surface area contributed by atoms with Crippen LogP contribution in [0.4, 0.5) is 0 Å². The molecule has 0 amide bonds. The summed E-state index contributed by atoms with van der Waals surface area (Å²) in [5.74, 6) is 0. The molecule has 0 radical (unpaired) electrons. The van der Waals surface area contributed by atoms with Crippen LogP contribution in [0.25, 0.3) is 94.2 Å². The molecule has 68 heavy (non-hydrogen) atoms. The van der Waals surface area contributed by atoms with Gasteiger partial charge in [0, 0.05) is 27.6 Å². The van der Waals surface area contributed by atoms with Crippen molar-refractivity contribution in [3.63, 3.8) is 0 Å². The molecule has 0 atom stereocenters. The highest BCUT2D eigenvalue weighted by atomic mass is 15.0. The van der Waals surface area contributed by atoms with E-state index in [0.29, 0.717) is 5.56 Å². The molecule has 0 bridgehead atoms. The highest BCUT2D eigenvalue weighted by Crippen LogP contribution is 2.57. The topological polar surface area (TPSA) is 41.6 Å². The van der Waals surface area contributed by atoms with Crippen molar-refractivity contribution in [2.24, 2.45) is 0 Å². The van der Waals surface area contributed by atoms with Crippen molar-refractivity contribution in [1.29, 1.82) is 5.26 Å². The van der Waals surface area contributed by atoms with Crippen molar-refractivity contribution in [3.05, 3.63) is 277 Å². The van der Waals surface area contributed by atoms with Gasteiger partial charge in [-0.3, -0.25) is 0 Å². The zero-order valence-corrected chi connectivity index (χ0v) is 37.0. The first-order valence-corrected chi connectivity index (χ1v) is 23.2. The van der Waals surface area contributed by atoms with Gasteiger partial charge in [-0.25, -0.2) is 4.98 Å². The second-order valence-electron chi connectivity index (χ2n) is 17.8. The summed E-state index contributed by atoms with van der Waals surface area (Å²) >= 11 is 0. The molecule has 1 aliphatic carbocycles. The number of rotatable bonds is 7. The van der Waals surface area contributed by atoms with Crippen LogP contribution >= 0.6 is 0 Å². The van der Waals surface area contributed by atoms with E-state index in [4.69, 9.17) is 4.98 Å². The molecular weight excluding hydrogens is 823 g/mol. The SMILES string of the molecule is N#Cc1cccc(-c2cc(-c3cc(-c4ccccc4)cc(-c4ccc5ccccc5c4)n3)cc(-n3c4ccccc4c4cc5c(cc43)C(c3ccccc3)(c3ccccc3)c3ccccc3-5)c2)c1. The predicted octanol–water partition coefficient (Wildman–Crippen LogP) is 16.2. The molecule has 0 aliphatic heterocycles. The summed E-state index contributed by atoms with van der Waals surface area (Å²) in [6.07, 6.45) is 0. The first-order chi connectivity index (χ1) is 33.6. The van der Waals surface area contributed by atoms with Gasteiger partial charge in [0.2, 0.25) is 0 Å². The molecule has 0 fully saturated rings. The maximum absolute atomic E-state index is 10.1. The molecule has 0 saturated heterocycles. The van der Waals surface area contributed by atoms with Crippen LogP contribution in [0.15, 0.2) is 249 Å². The summed E-state index contributed by atoms with van der Waals surface area (Å²) in [5, 5.41) is 14.8. The standard InChI is InChI=1S/C65H41N3/c66-42-43-17-16-22-46(33-43)49-35-51(62-39-50(44-18-4-1-5-19-44)38-61(67-62)48-32-31-45-20-10-11-21-47(45)34-48)37-54(36-49)68-63-30-15-13-28-56(63)58-40-57-55-27-12-14-29-59(55)65(60(57)41-64(58)68,52-23-6-2-7-24-52)53-25-8-3-9-26-53/h1-41H. The lowest BCUT2D eigenvalue weighted by Gasteiger charge is -2.34. The Labute approximate surface area is 395 Å². The maximum atomic E-state index is 10.1. The minimum Gasteiger partial charge on any atom is -0.309 e. The molecule has 0 N–H and O–H groups in total. The first kappa shape index (κ1) is 39.3. The van der Waals surface area contributed by atoms with Gasteiger partial charge >= 0.3 is 0 Å². The maximum Gasteiger partial charge on any atom is 0.0991 e. The molecule has 1 aliphatic rings. The summed E-state index contributed by atoms with van der Waals surface area (Å²) in [7, 11) is 0. The number of para-hydroxylation sites is 1. The van der Waals surface area contributed by atoms with E-state index in [1.54, 1.807) is 0 Å². The number of benzene rings is 10. The normalized spacial score (nSPS) is 12.5. The van der Waals surface area contributed by atoms with E-state index in [1.807, 2.05) is 18.2 Å². The third kappa shape index (κ3) is 6.23. The van der Waals surface area contributed by atoms with Crippen LogP contribution < -0.4 is 0 Å². The molecule has 12 aromatic rings. The Balaban J connectivity index is 1.11. The van der Waals surface area contributed by atoms with Crippen molar-refractivity contribution in [2.45, 2.75) is 5.41 Å². The van der Waals surface area contributed by atoms with E-state index in [2.05, 4.69) is 241 Å². The monoisotopic (exact) mass is 863 g/mol. The molecule has 316 valence electrons. The van der Waals surface area contributed by atoms with Crippen LogP contribution in [0.5, 0.6) is 0 Å². The van der Waals surface area contributed by atoms with Gasteiger partial charge in [0.25, 0.3) is 0 Å². The highest BCUT2D eigenvalue weighted by Gasteiger charge is 2.46. The van der Waals surface area contributed by atoms with Gasteiger partial charge in [-0.1, -0.05) is 182 Å². The van der Waals surface area contributed by atoms with E-state index in [0.717, 1.165) is 61.5 Å². The van der Waals surface area contributed by atoms with Crippen molar-refractivity contribution >= 4 is 32.6 Å². The van der Waals surface area contributed by atoms with E-state index >= 15 is 0 Å². The van der Waals surface area contributed by atoms with Crippen molar-refractivity contribution < 1.29 is 0 Å². The Morgan fingerprint density at radius 1 is 0.368 bits per heavy atom. The molecule has 0 saturated carbocycles. The van der Waals surface area contributed by atoms with Crippen LogP contribution in [0.2, 0.25) is 0 Å². The summed E-state index contributed by atoms with van der Waals surface area (Å²) in [4.78, 5) is 5.52. The number of nitrogens with zero attached hydrogens (tertiary/aromatic N) is 3. The van der Waals surface area contributed by atoms with Gasteiger partial charge in [0.1, 0.15) is 0 Å². The molecule has 0 spiro atoms. The van der Waals surface area contributed by atoms with Crippen LogP contribution in [0, 0.1) is 11.3 Å². The number of hydrogen-bond donors (Lipinski definition) is 0. The first-order valence-electron chi connectivity index (χ1n) is 23.2. The fourth-order valence-corrected chi connectivity index (χ4v) is 11.0. The Morgan fingerprint density at radius 2 is 1.00 bits per heavy atom. The number of aromatic nitrogens is 2. The van der Waals surface area contributed by atoms with Crippen molar-refractivity contribution in [3.8, 4) is 67.7 Å². The Hall–Kier alpha value is -9.10. The molecule has 13 rings (SSSR count). The van der Waals surface area contributed by atoms with Gasteiger partial charge < -0.3 is 4.57 Å². The van der Waals surface area contributed by atoms with E-state index < -0.39 is 5.41 Å². The molecule has 2 heterocycles. The number of nitriles is 1. The van der Waals surface area contributed by atoms with E-state index in [-0.39, 0.29) is 0 Å². The van der Waals surface area contributed by atoms with Gasteiger partial charge in [-0.05, 0) is 133 Å². The summed E-state index contributed by atoms with van der Waals surface area (Å²) in [6, 6.07) is 91.9. The number of fused-ring (bicyclic) bond motifs is 7. The lowest BCUT2D eigenvalue weighted by Crippen LogP contribution is -2.28. The average Bonchev–Trinajstić information content (AvgIpc) is 3.90. The van der Waals surface area contributed by atoms with Gasteiger partial charge in [0.05, 0.1) is 39.5 Å². The Bertz CT molecular complexity index is 3930. The second kappa shape index (κ2) is 15.8. The third-order valence-electron chi connectivity index (χ3n) is 14.0. The number of pyridine rings is 1. The molecular formula is C65H41N3. The van der Waals surface area contributed by atoms with Crippen molar-refractivity contribution in [1.82, 2.24) is 9.55 Å². The summed E-state index contributed by atoms with van der Waals surface area (Å²) < 4.78 is 2.45. The zero-order valence-electron chi connectivity index (χ0n) is 37.0. The Morgan fingerprint density at radius 3 is 1.78 bits per heavy atom. The van der Waals surface area contributed by atoms with Gasteiger partial charge in [0.15, 0.2) is 0 Å². The van der Waals surface area contributed by atoms with Crippen molar-refractivity contribution in [2.75, 3.05) is 0 Å².